The van der Waals surface area contributed by atoms with Crippen molar-refractivity contribution in [3.05, 3.63) is 0 Å². The molecule has 0 radical (unpaired) electrons. The second-order valence-electron chi connectivity index (χ2n) is 4.39. The third-order valence-corrected chi connectivity index (χ3v) is 2.08. The van der Waals surface area contributed by atoms with Gasteiger partial charge < -0.3 is 9.53 Å². The van der Waals surface area contributed by atoms with Crippen LogP contribution in [0.5, 0.6) is 0 Å². The first-order valence-corrected chi connectivity index (χ1v) is 5.46. The summed E-state index contributed by atoms with van der Waals surface area (Å²) in [5.74, 6) is 0. The molecule has 0 atom stereocenters. The fraction of sp³-hybridized carbons (Fsp3) is 0.909. The third kappa shape index (κ3) is 20.3. The molecule has 2 nitrogen and oxygen atoms in total. The Balaban J connectivity index is -0.000000180. The first-order valence-electron chi connectivity index (χ1n) is 5.46. The standard InChI is InChI=1S/C6H15B.C5H9O2.Li/c1-4-7(5-2)6-3;1-5(2,3)7-4-6;/h4-6H2,1-3H3;1-3H3;/q;-1;+1. The Hall–Kier alpha value is 0.132. The number of hydrogen-bond donors (Lipinski definition) is 0. The summed E-state index contributed by atoms with van der Waals surface area (Å²) in [6.07, 6.45) is 4.06. The monoisotopic (exact) mass is 206 g/mol. The van der Waals surface area contributed by atoms with E-state index in [1.165, 1.54) is 25.4 Å². The fourth-order valence-corrected chi connectivity index (χ4v) is 0.991. The van der Waals surface area contributed by atoms with Crippen LogP contribution in [0, 0.1) is 0 Å². The van der Waals surface area contributed by atoms with Crippen LogP contribution in [0.25, 0.3) is 0 Å². The van der Waals surface area contributed by atoms with Gasteiger partial charge in [-0.1, -0.05) is 46.2 Å². The summed E-state index contributed by atoms with van der Waals surface area (Å²) in [4.78, 5) is 9.47. The van der Waals surface area contributed by atoms with Gasteiger partial charge in [0.15, 0.2) is 0 Å². The Morgan fingerprint density at radius 1 is 1.07 bits per heavy atom. The van der Waals surface area contributed by atoms with Gasteiger partial charge in [0.1, 0.15) is 6.71 Å². The summed E-state index contributed by atoms with van der Waals surface area (Å²) in [5.41, 5.74) is -0.373. The summed E-state index contributed by atoms with van der Waals surface area (Å²) in [6, 6.07) is 0. The van der Waals surface area contributed by atoms with Crippen LogP contribution < -0.4 is 18.9 Å². The van der Waals surface area contributed by atoms with E-state index < -0.39 is 0 Å². The summed E-state index contributed by atoms with van der Waals surface area (Å²) < 4.78 is 4.42. The predicted molar refractivity (Wildman–Crippen MR) is 63.7 cm³/mol. The van der Waals surface area contributed by atoms with E-state index in [0.29, 0.717) is 0 Å². The van der Waals surface area contributed by atoms with Gasteiger partial charge in [-0.2, -0.15) is 0 Å². The normalized spacial score (nSPS) is 9.20. The Morgan fingerprint density at radius 3 is 1.40 bits per heavy atom. The zero-order valence-electron chi connectivity index (χ0n) is 11.5. The quantitative estimate of drug-likeness (QED) is 0.492. The minimum absolute atomic E-state index is 0. The molecule has 0 aromatic carbocycles. The Morgan fingerprint density at radius 2 is 1.40 bits per heavy atom. The molecule has 0 N–H and O–H groups in total. The molecule has 0 unspecified atom stereocenters. The van der Waals surface area contributed by atoms with Crippen LogP contribution in [-0.4, -0.2) is 18.8 Å². The van der Waals surface area contributed by atoms with Gasteiger partial charge in [-0.05, 0) is 20.8 Å². The maximum Gasteiger partial charge on any atom is 1.00 e. The van der Waals surface area contributed by atoms with E-state index in [0.717, 1.165) is 6.71 Å². The van der Waals surface area contributed by atoms with Crippen LogP contribution in [0.2, 0.25) is 19.0 Å². The van der Waals surface area contributed by atoms with Gasteiger partial charge in [0.05, 0.1) is 5.60 Å². The van der Waals surface area contributed by atoms with Gasteiger partial charge in [-0.3, -0.25) is 0 Å². The van der Waals surface area contributed by atoms with E-state index >= 15 is 0 Å². The zero-order chi connectivity index (χ0) is 11.6. The maximum absolute atomic E-state index is 9.47. The average molecular weight is 206 g/mol. The summed E-state index contributed by atoms with van der Waals surface area (Å²) >= 11 is 0. The van der Waals surface area contributed by atoms with Crippen molar-refractivity contribution in [1.82, 2.24) is 0 Å². The van der Waals surface area contributed by atoms with Gasteiger partial charge in [-0.25, -0.2) is 0 Å². The molecule has 0 rings (SSSR count). The van der Waals surface area contributed by atoms with Crippen LogP contribution in [0.4, 0.5) is 0 Å². The molecule has 0 aliphatic rings. The van der Waals surface area contributed by atoms with Gasteiger partial charge in [0.2, 0.25) is 0 Å². The largest absolute Gasteiger partial charge is 1.00 e. The molecule has 15 heavy (non-hydrogen) atoms. The fourth-order valence-electron chi connectivity index (χ4n) is 0.991. The molecule has 0 heterocycles. The van der Waals surface area contributed by atoms with Crippen LogP contribution in [0.1, 0.15) is 41.5 Å². The second-order valence-corrected chi connectivity index (χ2v) is 4.39. The van der Waals surface area contributed by atoms with E-state index in [2.05, 4.69) is 25.5 Å². The molecule has 84 valence electrons. The number of hydrogen-bond acceptors (Lipinski definition) is 2. The number of ether oxygens (including phenoxy) is 1. The molecule has 0 aromatic heterocycles. The van der Waals surface area contributed by atoms with Crippen molar-refractivity contribution in [2.45, 2.75) is 66.1 Å². The minimum Gasteiger partial charge on any atom is -0.649 e. The van der Waals surface area contributed by atoms with Crippen LogP contribution in [0.15, 0.2) is 0 Å². The van der Waals surface area contributed by atoms with Crippen molar-refractivity contribution < 1.29 is 28.4 Å². The molecule has 0 aliphatic carbocycles. The maximum atomic E-state index is 9.47. The Kier molecular flexibility index (Phi) is 16.7. The smallest absolute Gasteiger partial charge is 0.649 e. The van der Waals surface area contributed by atoms with Gasteiger partial charge in [0, 0.05) is 0 Å². The van der Waals surface area contributed by atoms with Crippen molar-refractivity contribution in [2.75, 3.05) is 0 Å². The van der Waals surface area contributed by atoms with Crippen LogP contribution >= 0.6 is 0 Å². The third-order valence-electron chi connectivity index (χ3n) is 2.08. The SMILES string of the molecule is CC(C)(C)O[C-]=O.CCB(CC)CC.[Li+]. The van der Waals surface area contributed by atoms with Gasteiger partial charge >= 0.3 is 18.9 Å². The van der Waals surface area contributed by atoms with Crippen LogP contribution in [0.3, 0.4) is 0 Å². The topological polar surface area (TPSA) is 26.3 Å². The van der Waals surface area contributed by atoms with Crippen molar-refractivity contribution in [2.24, 2.45) is 0 Å². The molecule has 0 amide bonds. The number of rotatable bonds is 4. The summed E-state index contributed by atoms with van der Waals surface area (Å²) in [7, 11) is 0. The molecule has 0 spiro atoms. The van der Waals surface area contributed by atoms with E-state index in [4.69, 9.17) is 0 Å². The van der Waals surface area contributed by atoms with E-state index in [1.54, 1.807) is 20.8 Å². The van der Waals surface area contributed by atoms with E-state index in [9.17, 15) is 4.79 Å². The predicted octanol–water partition coefficient (Wildman–Crippen LogP) is 0.414. The molecular weight excluding hydrogens is 182 g/mol. The van der Waals surface area contributed by atoms with Crippen molar-refractivity contribution in [1.29, 1.82) is 0 Å². The molecular formula is C11H24BLiO2. The van der Waals surface area contributed by atoms with Crippen LogP contribution in [-0.2, 0) is 9.53 Å². The second kappa shape index (κ2) is 12.2. The van der Waals surface area contributed by atoms with E-state index in [1.807, 2.05) is 0 Å². The first kappa shape index (κ1) is 20.5. The molecule has 0 bridgehead atoms. The molecule has 0 saturated carbocycles. The molecule has 4 heteroatoms. The van der Waals surface area contributed by atoms with Gasteiger partial charge in [0.25, 0.3) is 0 Å². The van der Waals surface area contributed by atoms with Crippen molar-refractivity contribution in [3.63, 3.8) is 0 Å². The van der Waals surface area contributed by atoms with Gasteiger partial charge in [-0.15, -0.1) is 0 Å². The summed E-state index contributed by atoms with van der Waals surface area (Å²) in [6.45, 7) is 14.5. The van der Waals surface area contributed by atoms with Crippen molar-refractivity contribution in [3.8, 4) is 0 Å². The molecule has 0 aromatic rings. The average Bonchev–Trinajstić information content (AvgIpc) is 2.06. The van der Waals surface area contributed by atoms with Crippen molar-refractivity contribution >= 4 is 13.2 Å². The molecule has 0 saturated heterocycles. The Labute approximate surface area is 108 Å². The van der Waals surface area contributed by atoms with E-state index in [-0.39, 0.29) is 24.5 Å². The zero-order valence-corrected chi connectivity index (χ0v) is 11.5. The summed E-state index contributed by atoms with van der Waals surface area (Å²) in [5, 5.41) is 0. The molecule has 0 aliphatic heterocycles. The molecule has 0 fully saturated rings. The Bertz CT molecular complexity index is 126. The minimum atomic E-state index is -0.373. The number of carbonyl (C=O) groups excluding carboxylic acids is 1. The first-order chi connectivity index (χ1) is 6.41.